The fraction of sp³-hybridized carbons (Fsp3) is 0.263. The summed E-state index contributed by atoms with van der Waals surface area (Å²) in [7, 11) is 0. The molecule has 0 saturated carbocycles. The van der Waals surface area contributed by atoms with Gasteiger partial charge in [-0.15, -0.1) is 0 Å². The Kier molecular flexibility index (Phi) is 5.69. The summed E-state index contributed by atoms with van der Waals surface area (Å²) < 4.78 is 5.73. The number of hydrogen-bond donors (Lipinski definition) is 2. The van der Waals surface area contributed by atoms with Crippen molar-refractivity contribution < 1.29 is 14.3 Å². The summed E-state index contributed by atoms with van der Waals surface area (Å²) >= 11 is 11.7. The first kappa shape index (κ1) is 18.5. The molecule has 1 heterocycles. The summed E-state index contributed by atoms with van der Waals surface area (Å²) in [5.41, 5.74) is 1.44. The van der Waals surface area contributed by atoms with Crippen molar-refractivity contribution in [2.45, 2.75) is 18.9 Å². The number of rotatable bonds is 5. The zero-order chi connectivity index (χ0) is 18.7. The van der Waals surface area contributed by atoms with Gasteiger partial charge in [-0.05, 0) is 24.3 Å². The van der Waals surface area contributed by atoms with Gasteiger partial charge in [-0.25, -0.2) is 0 Å². The topological polar surface area (TPSA) is 67.4 Å². The van der Waals surface area contributed by atoms with Crippen molar-refractivity contribution >= 4 is 35.0 Å². The number of ether oxygens (including phenoxy) is 1. The summed E-state index contributed by atoms with van der Waals surface area (Å²) in [6.07, 6.45) is -0.557. The van der Waals surface area contributed by atoms with Gasteiger partial charge in [0.1, 0.15) is 5.75 Å². The molecule has 0 radical (unpaired) electrons. The molecule has 26 heavy (non-hydrogen) atoms. The molecule has 2 aromatic rings. The highest BCUT2D eigenvalue weighted by atomic mass is 35.5. The third kappa shape index (κ3) is 3.94. The fourth-order valence-corrected chi connectivity index (χ4v) is 3.15. The molecule has 1 aliphatic rings. The summed E-state index contributed by atoms with van der Waals surface area (Å²) in [6, 6.07) is 12.3. The van der Waals surface area contributed by atoms with Crippen LogP contribution in [-0.4, -0.2) is 31.0 Å². The third-order valence-electron chi connectivity index (χ3n) is 4.27. The largest absolute Gasteiger partial charge is 0.480 e. The number of hydrogen-bond acceptors (Lipinski definition) is 3. The van der Waals surface area contributed by atoms with Crippen LogP contribution < -0.4 is 15.4 Å². The molecule has 0 aromatic heterocycles. The second-order valence-corrected chi connectivity index (χ2v) is 6.86. The molecule has 2 atom stereocenters. The van der Waals surface area contributed by atoms with E-state index < -0.39 is 6.10 Å². The van der Waals surface area contributed by atoms with Gasteiger partial charge in [0.25, 0.3) is 11.8 Å². The lowest BCUT2D eigenvalue weighted by atomic mass is 9.97. The number of amides is 2. The molecular formula is C19H18Cl2N2O3. The maximum absolute atomic E-state index is 12.3. The Balaban J connectivity index is 1.46. The first-order chi connectivity index (χ1) is 12.5. The monoisotopic (exact) mass is 392 g/mol. The molecule has 0 fully saturated rings. The van der Waals surface area contributed by atoms with E-state index >= 15 is 0 Å². The second-order valence-electron chi connectivity index (χ2n) is 6.04. The Hall–Kier alpha value is -2.24. The Labute approximate surface area is 161 Å². The molecule has 7 heteroatoms. The first-order valence-electron chi connectivity index (χ1n) is 8.24. The normalized spacial score (nSPS) is 18.0. The fourth-order valence-electron chi connectivity index (χ4n) is 2.85. The number of para-hydroxylation sites is 1. The molecule has 136 valence electrons. The lowest BCUT2D eigenvalue weighted by Crippen LogP contribution is -2.42. The molecule has 0 aliphatic carbocycles. The van der Waals surface area contributed by atoms with Gasteiger partial charge in [0.05, 0.1) is 10.0 Å². The first-order valence-corrected chi connectivity index (χ1v) is 8.99. The van der Waals surface area contributed by atoms with E-state index in [4.69, 9.17) is 27.9 Å². The summed E-state index contributed by atoms with van der Waals surface area (Å²) in [5.74, 6) is 0.248. The lowest BCUT2D eigenvalue weighted by molar-refractivity contribution is -0.127. The molecular weight excluding hydrogens is 375 g/mol. The number of fused-ring (bicyclic) bond motifs is 1. The van der Waals surface area contributed by atoms with Gasteiger partial charge in [0.15, 0.2) is 6.10 Å². The minimum atomic E-state index is -0.557. The van der Waals surface area contributed by atoms with Crippen LogP contribution in [0.3, 0.4) is 0 Å². The molecule has 5 nitrogen and oxygen atoms in total. The van der Waals surface area contributed by atoms with Crippen LogP contribution >= 0.6 is 23.2 Å². The number of carbonyl (C=O) groups excluding carboxylic acids is 2. The van der Waals surface area contributed by atoms with Crippen molar-refractivity contribution in [2.24, 2.45) is 0 Å². The van der Waals surface area contributed by atoms with E-state index in [0.29, 0.717) is 28.7 Å². The number of carbonyl (C=O) groups is 2. The molecule has 0 spiro atoms. The van der Waals surface area contributed by atoms with Crippen molar-refractivity contribution in [3.05, 3.63) is 63.6 Å². The van der Waals surface area contributed by atoms with E-state index in [2.05, 4.69) is 10.6 Å². The lowest BCUT2D eigenvalue weighted by Gasteiger charge is -2.15. The van der Waals surface area contributed by atoms with E-state index in [9.17, 15) is 9.59 Å². The summed E-state index contributed by atoms with van der Waals surface area (Å²) in [5, 5.41) is 6.23. The Morgan fingerprint density at radius 2 is 1.77 bits per heavy atom. The van der Waals surface area contributed by atoms with Gasteiger partial charge in [-0.2, -0.15) is 0 Å². The van der Waals surface area contributed by atoms with Gasteiger partial charge in [0, 0.05) is 30.1 Å². The molecule has 1 aliphatic heterocycles. The van der Waals surface area contributed by atoms with Crippen molar-refractivity contribution in [1.29, 1.82) is 0 Å². The van der Waals surface area contributed by atoms with Gasteiger partial charge >= 0.3 is 0 Å². The highest BCUT2D eigenvalue weighted by Crippen LogP contribution is 2.37. The second kappa shape index (κ2) is 7.98. The predicted octanol–water partition coefficient (Wildman–Crippen LogP) is 3.40. The maximum atomic E-state index is 12.3. The molecule has 2 amide bonds. The minimum Gasteiger partial charge on any atom is -0.480 e. The van der Waals surface area contributed by atoms with Crippen LogP contribution in [0.25, 0.3) is 0 Å². The Morgan fingerprint density at radius 3 is 2.50 bits per heavy atom. The van der Waals surface area contributed by atoms with Crippen LogP contribution in [0.1, 0.15) is 28.8 Å². The predicted molar refractivity (Wildman–Crippen MR) is 101 cm³/mol. The van der Waals surface area contributed by atoms with Crippen molar-refractivity contribution in [3.63, 3.8) is 0 Å². The van der Waals surface area contributed by atoms with Crippen molar-refractivity contribution in [3.8, 4) is 5.75 Å². The smallest absolute Gasteiger partial charge is 0.261 e. The molecule has 0 saturated heterocycles. The van der Waals surface area contributed by atoms with Crippen molar-refractivity contribution in [2.75, 3.05) is 13.1 Å². The van der Waals surface area contributed by atoms with Crippen LogP contribution in [0.4, 0.5) is 0 Å². The maximum Gasteiger partial charge on any atom is 0.261 e. The SMILES string of the molecule is CC1c2ccccc2OC1C(=O)NCCNC(=O)c1ccc(Cl)c(Cl)c1. The standard InChI is InChI=1S/C19H18Cl2N2O3/c1-11-13-4-2-3-5-16(13)26-17(11)19(25)23-9-8-22-18(24)12-6-7-14(20)15(21)10-12/h2-7,10-11,17H,8-9H2,1H3,(H,22,24)(H,23,25). The average molecular weight is 393 g/mol. The third-order valence-corrected chi connectivity index (χ3v) is 5.01. The van der Waals surface area contributed by atoms with Gasteiger partial charge < -0.3 is 15.4 Å². The number of halogens is 2. The van der Waals surface area contributed by atoms with Crippen LogP contribution in [0.2, 0.25) is 10.0 Å². The highest BCUT2D eigenvalue weighted by Gasteiger charge is 2.35. The molecule has 0 bridgehead atoms. The van der Waals surface area contributed by atoms with E-state index in [0.717, 1.165) is 11.3 Å². The van der Waals surface area contributed by atoms with E-state index in [1.165, 1.54) is 6.07 Å². The number of benzene rings is 2. The Morgan fingerprint density at radius 1 is 1.04 bits per heavy atom. The molecule has 2 aromatic carbocycles. The zero-order valence-corrected chi connectivity index (χ0v) is 15.6. The minimum absolute atomic E-state index is 0.0167. The molecule has 2 N–H and O–H groups in total. The van der Waals surface area contributed by atoms with Gasteiger partial charge in [-0.3, -0.25) is 9.59 Å². The van der Waals surface area contributed by atoms with E-state index in [1.54, 1.807) is 12.1 Å². The Bertz CT molecular complexity index is 841. The summed E-state index contributed by atoms with van der Waals surface area (Å²) in [4.78, 5) is 24.4. The average Bonchev–Trinajstić information content (AvgIpc) is 2.98. The van der Waals surface area contributed by atoms with Crippen LogP contribution in [0, 0.1) is 0 Å². The highest BCUT2D eigenvalue weighted by molar-refractivity contribution is 6.42. The van der Waals surface area contributed by atoms with Crippen LogP contribution in [0.5, 0.6) is 5.75 Å². The molecule has 3 rings (SSSR count). The van der Waals surface area contributed by atoms with Gasteiger partial charge in [0.2, 0.25) is 0 Å². The van der Waals surface area contributed by atoms with E-state index in [1.807, 2.05) is 31.2 Å². The summed E-state index contributed by atoms with van der Waals surface area (Å²) in [6.45, 7) is 2.55. The van der Waals surface area contributed by atoms with Gasteiger partial charge in [-0.1, -0.05) is 48.3 Å². The van der Waals surface area contributed by atoms with Crippen LogP contribution in [0.15, 0.2) is 42.5 Å². The molecule has 2 unspecified atom stereocenters. The quantitative estimate of drug-likeness (QED) is 0.766. The zero-order valence-electron chi connectivity index (χ0n) is 14.1. The van der Waals surface area contributed by atoms with Crippen LogP contribution in [-0.2, 0) is 4.79 Å². The van der Waals surface area contributed by atoms with Crippen molar-refractivity contribution in [1.82, 2.24) is 10.6 Å². The van der Waals surface area contributed by atoms with E-state index in [-0.39, 0.29) is 17.7 Å². The number of nitrogens with one attached hydrogen (secondary N) is 2.